The summed E-state index contributed by atoms with van der Waals surface area (Å²) in [5, 5.41) is 10.5. The Balaban J connectivity index is 1.32. The van der Waals surface area contributed by atoms with Crippen molar-refractivity contribution in [3.63, 3.8) is 0 Å². The number of halogens is 1. The van der Waals surface area contributed by atoms with Gasteiger partial charge in [0.2, 0.25) is 23.6 Å². The maximum atomic E-state index is 14.3. The van der Waals surface area contributed by atoms with Gasteiger partial charge in [-0.25, -0.2) is 4.39 Å². The van der Waals surface area contributed by atoms with Crippen LogP contribution in [0.15, 0.2) is 65.5 Å². The molecule has 0 radical (unpaired) electrons. The van der Waals surface area contributed by atoms with E-state index in [1.165, 1.54) is 11.3 Å². The second-order valence-electron chi connectivity index (χ2n) is 12.8. The van der Waals surface area contributed by atoms with Crippen molar-refractivity contribution >= 4 is 57.2 Å². The van der Waals surface area contributed by atoms with Gasteiger partial charge >= 0.3 is 0 Å². The molecule has 4 N–H and O–H groups in total. The van der Waals surface area contributed by atoms with E-state index < -0.39 is 36.1 Å². The Bertz CT molecular complexity index is 1810. The summed E-state index contributed by atoms with van der Waals surface area (Å²) in [5.41, 5.74) is 9.55. The van der Waals surface area contributed by atoms with E-state index in [0.29, 0.717) is 24.3 Å². The number of amides is 4. The van der Waals surface area contributed by atoms with Crippen LogP contribution in [-0.4, -0.2) is 59.0 Å². The van der Waals surface area contributed by atoms with E-state index in [-0.39, 0.29) is 37.7 Å². The van der Waals surface area contributed by atoms with Gasteiger partial charge in [0, 0.05) is 42.9 Å². The number of alkyl halides is 1. The van der Waals surface area contributed by atoms with Crippen molar-refractivity contribution < 1.29 is 23.6 Å². The van der Waals surface area contributed by atoms with Crippen molar-refractivity contribution in [3.05, 3.63) is 82.2 Å². The molecule has 47 heavy (non-hydrogen) atoms. The highest BCUT2D eigenvalue weighted by Crippen LogP contribution is 2.40. The molecule has 2 atom stereocenters. The highest BCUT2D eigenvalue weighted by atomic mass is 32.1. The van der Waals surface area contributed by atoms with Gasteiger partial charge in [0.1, 0.15) is 18.8 Å². The van der Waals surface area contributed by atoms with Crippen molar-refractivity contribution in [2.75, 3.05) is 23.0 Å². The number of thiophene rings is 1. The molecule has 4 heterocycles. The highest BCUT2D eigenvalue weighted by molar-refractivity contribution is 7.07. The molecule has 2 unspecified atom stereocenters. The molecule has 12 heteroatoms. The Labute approximate surface area is 276 Å². The first kappa shape index (κ1) is 32.4. The molecule has 0 spiro atoms. The number of para-hydroxylation sites is 2. The molecule has 0 bridgehead atoms. The summed E-state index contributed by atoms with van der Waals surface area (Å²) in [6.07, 6.45) is 3.33. The lowest BCUT2D eigenvalue weighted by atomic mass is 9.94. The number of nitrogens with two attached hydrogens (primary N) is 1. The maximum absolute atomic E-state index is 14.3. The number of hydrogen-bond donors (Lipinski definition) is 3. The third kappa shape index (κ3) is 6.66. The van der Waals surface area contributed by atoms with Crippen LogP contribution < -0.4 is 26.2 Å². The lowest BCUT2D eigenvalue weighted by Crippen LogP contribution is -2.60. The average molecular weight is 659 g/mol. The van der Waals surface area contributed by atoms with E-state index >= 15 is 0 Å². The van der Waals surface area contributed by atoms with Crippen molar-refractivity contribution in [2.24, 2.45) is 5.73 Å². The number of carbonyl (C=O) groups excluding carboxylic acids is 4. The summed E-state index contributed by atoms with van der Waals surface area (Å²) in [7, 11) is 0. The van der Waals surface area contributed by atoms with Crippen LogP contribution in [0.25, 0.3) is 10.9 Å². The molecule has 0 aliphatic carbocycles. The minimum atomic E-state index is -1.26. The molecule has 6 rings (SSSR count). The molecule has 2 aromatic heterocycles. The third-order valence-corrected chi connectivity index (χ3v) is 9.52. The number of benzene rings is 2. The Morgan fingerprint density at radius 1 is 1.13 bits per heavy atom. The van der Waals surface area contributed by atoms with Gasteiger partial charge in [0.25, 0.3) is 0 Å². The fourth-order valence-electron chi connectivity index (χ4n) is 6.42. The number of nitrogens with one attached hydrogen (secondary N) is 2. The van der Waals surface area contributed by atoms with Gasteiger partial charge in [-0.3, -0.25) is 19.2 Å². The predicted molar refractivity (Wildman–Crippen MR) is 181 cm³/mol. The SMILES string of the molecule is CC(C)(N)C(=O)NC(Cc1cn(CCF)c2ccccc12)C(=O)NC1Cc2cccc(N3CCCC3=O)c2N(Cc2ccsc2)C1=O. The number of hydrogen-bond acceptors (Lipinski definition) is 6. The van der Waals surface area contributed by atoms with Gasteiger partial charge < -0.3 is 30.7 Å². The summed E-state index contributed by atoms with van der Waals surface area (Å²) in [4.78, 5) is 57.7. The summed E-state index contributed by atoms with van der Waals surface area (Å²) < 4.78 is 15.2. The Hall–Kier alpha value is -4.55. The minimum Gasteiger partial charge on any atom is -0.345 e. The summed E-state index contributed by atoms with van der Waals surface area (Å²) in [6.45, 7) is 3.56. The van der Waals surface area contributed by atoms with Gasteiger partial charge in [-0.1, -0.05) is 30.3 Å². The van der Waals surface area contributed by atoms with E-state index in [9.17, 15) is 23.6 Å². The molecule has 246 valence electrons. The fourth-order valence-corrected chi connectivity index (χ4v) is 7.08. The van der Waals surface area contributed by atoms with Crippen LogP contribution in [0.3, 0.4) is 0 Å². The topological polar surface area (TPSA) is 130 Å². The molecule has 1 saturated heterocycles. The number of carbonyl (C=O) groups is 4. The zero-order valence-electron chi connectivity index (χ0n) is 26.5. The van der Waals surface area contributed by atoms with Crippen molar-refractivity contribution in [1.82, 2.24) is 15.2 Å². The van der Waals surface area contributed by atoms with Crippen molar-refractivity contribution in [3.8, 4) is 0 Å². The lowest BCUT2D eigenvalue weighted by molar-refractivity contribution is -0.133. The van der Waals surface area contributed by atoms with Crippen LogP contribution in [0.5, 0.6) is 0 Å². The van der Waals surface area contributed by atoms with Gasteiger partial charge in [0.05, 0.1) is 30.0 Å². The lowest BCUT2D eigenvalue weighted by Gasteiger charge is -2.37. The van der Waals surface area contributed by atoms with E-state index in [1.807, 2.05) is 59.3 Å². The second-order valence-corrected chi connectivity index (χ2v) is 13.5. The van der Waals surface area contributed by atoms with Gasteiger partial charge in [-0.05, 0) is 65.9 Å². The standard InChI is InChI=1S/C35H39FN6O4S/c1-35(2,37)34(46)39-26(18-24-20-40(15-13-36)28-9-4-3-8-25(24)28)32(44)38-27-17-23-7-5-10-29(41-14-6-11-30(41)43)31(23)42(33(27)45)19-22-12-16-47-21-22/h3-5,7-10,12,16,20-21,26-27H,6,11,13-15,17-19,37H2,1-2H3,(H,38,44)(H,39,46). The second kappa shape index (κ2) is 13.3. The number of aromatic nitrogens is 1. The predicted octanol–water partition coefficient (Wildman–Crippen LogP) is 3.84. The maximum Gasteiger partial charge on any atom is 0.250 e. The molecule has 2 aliphatic heterocycles. The molecular weight excluding hydrogens is 619 g/mol. The Morgan fingerprint density at radius 3 is 2.64 bits per heavy atom. The molecule has 4 aromatic rings. The Kier molecular flexibility index (Phi) is 9.16. The summed E-state index contributed by atoms with van der Waals surface area (Å²) in [6, 6.07) is 13.1. The first-order valence-electron chi connectivity index (χ1n) is 15.8. The van der Waals surface area contributed by atoms with E-state index in [2.05, 4.69) is 10.6 Å². The molecular formula is C35H39FN6O4S. The highest BCUT2D eigenvalue weighted by Gasteiger charge is 2.39. The largest absolute Gasteiger partial charge is 0.345 e. The number of rotatable bonds is 11. The smallest absolute Gasteiger partial charge is 0.250 e. The van der Waals surface area contributed by atoms with Gasteiger partial charge in [-0.15, -0.1) is 0 Å². The molecule has 1 fully saturated rings. The third-order valence-electron chi connectivity index (χ3n) is 8.79. The van der Waals surface area contributed by atoms with Crippen LogP contribution in [0.4, 0.5) is 15.8 Å². The van der Waals surface area contributed by atoms with E-state index in [4.69, 9.17) is 5.73 Å². The van der Waals surface area contributed by atoms with E-state index in [1.54, 1.807) is 34.4 Å². The van der Waals surface area contributed by atoms with Crippen molar-refractivity contribution in [1.29, 1.82) is 0 Å². The first-order chi connectivity index (χ1) is 22.5. The fraction of sp³-hybridized carbons (Fsp3) is 0.371. The summed E-state index contributed by atoms with van der Waals surface area (Å²) >= 11 is 1.52. The molecule has 0 saturated carbocycles. The first-order valence-corrected chi connectivity index (χ1v) is 16.8. The minimum absolute atomic E-state index is 0.0195. The number of nitrogens with zero attached hydrogens (tertiary/aromatic N) is 3. The van der Waals surface area contributed by atoms with Crippen LogP contribution in [0, 0.1) is 0 Å². The monoisotopic (exact) mass is 658 g/mol. The van der Waals surface area contributed by atoms with E-state index in [0.717, 1.165) is 34.0 Å². The quantitative estimate of drug-likeness (QED) is 0.226. The molecule has 10 nitrogen and oxygen atoms in total. The van der Waals surface area contributed by atoms with Crippen molar-refractivity contribution in [2.45, 2.75) is 70.2 Å². The van der Waals surface area contributed by atoms with Crippen LogP contribution >= 0.6 is 11.3 Å². The molecule has 2 aliphatic rings. The number of fused-ring (bicyclic) bond motifs is 2. The van der Waals surface area contributed by atoms with Gasteiger partial charge in [0.15, 0.2) is 0 Å². The normalized spacial score (nSPS) is 17.2. The zero-order chi connectivity index (χ0) is 33.3. The van der Waals surface area contributed by atoms with Crippen LogP contribution in [0.1, 0.15) is 43.4 Å². The molecule has 4 amide bonds. The average Bonchev–Trinajstić information content (AvgIpc) is 3.79. The van der Waals surface area contributed by atoms with Crippen LogP contribution in [-0.2, 0) is 45.1 Å². The van der Waals surface area contributed by atoms with Crippen LogP contribution in [0.2, 0.25) is 0 Å². The van der Waals surface area contributed by atoms with Gasteiger partial charge in [-0.2, -0.15) is 11.3 Å². The summed E-state index contributed by atoms with van der Waals surface area (Å²) in [5.74, 6) is -1.34. The molecule has 2 aromatic carbocycles. The number of aryl methyl sites for hydroxylation is 1. The number of anilines is 2. The zero-order valence-corrected chi connectivity index (χ0v) is 27.3. The Morgan fingerprint density at radius 2 is 1.94 bits per heavy atom.